The van der Waals surface area contributed by atoms with Crippen LogP contribution in [-0.2, 0) is 14.6 Å². The predicted molar refractivity (Wildman–Crippen MR) is 98.4 cm³/mol. The van der Waals surface area contributed by atoms with Gasteiger partial charge in [-0.15, -0.1) is 0 Å². The molecule has 0 fully saturated rings. The van der Waals surface area contributed by atoms with Crippen LogP contribution in [0, 0.1) is 0 Å². The Morgan fingerprint density at radius 3 is 1.62 bits per heavy atom. The molecule has 0 amide bonds. The summed E-state index contributed by atoms with van der Waals surface area (Å²) >= 11 is 0. The highest BCUT2D eigenvalue weighted by atomic mass is 32.3. The topological polar surface area (TPSA) is 83.8 Å². The third kappa shape index (κ3) is 19.9. The fraction of sp³-hybridized carbons (Fsp3) is 1.00. The van der Waals surface area contributed by atoms with Crippen molar-refractivity contribution >= 4 is 10.4 Å². The number of unbranched alkanes of at least 4 members (excludes halogenated alkanes) is 11. The highest BCUT2D eigenvalue weighted by Gasteiger charge is 2.04. The Hall–Kier alpha value is -0.170. The molecule has 0 saturated carbocycles. The van der Waals surface area contributed by atoms with Crippen molar-refractivity contribution in [2.45, 2.75) is 109 Å². The number of rotatable bonds is 18. The minimum Gasteiger partial charge on any atom is -0.393 e. The minimum absolute atomic E-state index is 0.0691. The molecule has 146 valence electrons. The van der Waals surface area contributed by atoms with E-state index in [1.807, 2.05) is 0 Å². The van der Waals surface area contributed by atoms with E-state index < -0.39 is 10.4 Å². The van der Waals surface area contributed by atoms with Crippen LogP contribution in [0.25, 0.3) is 0 Å². The van der Waals surface area contributed by atoms with Crippen molar-refractivity contribution in [1.82, 2.24) is 0 Å². The highest BCUT2D eigenvalue weighted by Crippen LogP contribution is 2.14. The molecular weight excluding hydrogens is 328 g/mol. The fourth-order valence-corrected chi connectivity index (χ4v) is 3.16. The molecule has 0 spiro atoms. The molecule has 0 aliphatic carbocycles. The third-order valence-electron chi connectivity index (χ3n) is 4.30. The van der Waals surface area contributed by atoms with Crippen molar-refractivity contribution in [3.63, 3.8) is 0 Å². The Morgan fingerprint density at radius 2 is 1.17 bits per heavy atom. The lowest BCUT2D eigenvalue weighted by Gasteiger charge is -2.10. The van der Waals surface area contributed by atoms with Crippen LogP contribution in [0.5, 0.6) is 0 Å². The van der Waals surface area contributed by atoms with E-state index in [2.05, 4.69) is 11.1 Å². The van der Waals surface area contributed by atoms with Gasteiger partial charge in [0.1, 0.15) is 0 Å². The molecular formula is C18H38O5S. The molecule has 0 rings (SSSR count). The van der Waals surface area contributed by atoms with Crippen LogP contribution in [-0.4, -0.2) is 30.8 Å². The summed E-state index contributed by atoms with van der Waals surface area (Å²) in [6, 6.07) is 0. The standard InChI is InChI=1S/C18H38O5S/c1-2-3-4-12-15-18(19)16-13-10-8-6-5-7-9-11-14-17-23-24(20,21)22/h18-19H,2-17H2,1H3,(H,20,21,22)/t18-/m1/s1. The summed E-state index contributed by atoms with van der Waals surface area (Å²) in [5.74, 6) is 0. The summed E-state index contributed by atoms with van der Waals surface area (Å²) in [7, 11) is -4.27. The molecule has 0 aliphatic heterocycles. The summed E-state index contributed by atoms with van der Waals surface area (Å²) in [6.45, 7) is 2.27. The van der Waals surface area contributed by atoms with E-state index >= 15 is 0 Å². The van der Waals surface area contributed by atoms with E-state index in [1.165, 1.54) is 44.9 Å². The quantitative estimate of drug-likeness (QED) is 0.262. The molecule has 0 radical (unpaired) electrons. The van der Waals surface area contributed by atoms with E-state index in [4.69, 9.17) is 4.55 Å². The molecule has 0 aromatic heterocycles. The Balaban J connectivity index is 3.17. The molecule has 5 nitrogen and oxygen atoms in total. The van der Waals surface area contributed by atoms with E-state index in [1.54, 1.807) is 0 Å². The van der Waals surface area contributed by atoms with E-state index in [0.717, 1.165) is 44.9 Å². The monoisotopic (exact) mass is 366 g/mol. The maximum absolute atomic E-state index is 10.3. The van der Waals surface area contributed by atoms with Gasteiger partial charge in [-0.1, -0.05) is 84.0 Å². The lowest BCUT2D eigenvalue weighted by atomic mass is 10.0. The Labute approximate surface area is 149 Å². The molecule has 0 bridgehead atoms. The molecule has 0 aromatic carbocycles. The first-order chi connectivity index (χ1) is 11.5. The normalized spacial score (nSPS) is 13.3. The minimum atomic E-state index is -4.27. The number of aliphatic hydroxyl groups excluding tert-OH is 1. The highest BCUT2D eigenvalue weighted by molar-refractivity contribution is 7.80. The number of aliphatic hydroxyl groups is 1. The van der Waals surface area contributed by atoms with Crippen LogP contribution < -0.4 is 0 Å². The molecule has 1 atom stereocenters. The second-order valence-electron chi connectivity index (χ2n) is 6.72. The van der Waals surface area contributed by atoms with Crippen LogP contribution in [0.2, 0.25) is 0 Å². The number of hydrogen-bond acceptors (Lipinski definition) is 4. The second-order valence-corrected chi connectivity index (χ2v) is 7.81. The molecule has 0 aliphatic rings. The van der Waals surface area contributed by atoms with Crippen LogP contribution in [0.3, 0.4) is 0 Å². The zero-order valence-electron chi connectivity index (χ0n) is 15.4. The molecule has 0 heterocycles. The van der Waals surface area contributed by atoms with Gasteiger partial charge in [0.05, 0.1) is 12.7 Å². The van der Waals surface area contributed by atoms with E-state index in [9.17, 15) is 13.5 Å². The summed E-state index contributed by atoms with van der Waals surface area (Å²) in [6.07, 6.45) is 16.5. The SMILES string of the molecule is CCCCCC[C@@H](O)CCCCCCCCCCCOS(=O)(=O)O. The molecule has 0 aromatic rings. The van der Waals surface area contributed by atoms with Crippen molar-refractivity contribution in [2.24, 2.45) is 0 Å². The average molecular weight is 367 g/mol. The molecule has 6 heteroatoms. The van der Waals surface area contributed by atoms with Crippen LogP contribution in [0.4, 0.5) is 0 Å². The van der Waals surface area contributed by atoms with E-state index in [0.29, 0.717) is 6.42 Å². The zero-order chi connectivity index (χ0) is 18.1. The molecule has 0 unspecified atom stereocenters. The summed E-state index contributed by atoms with van der Waals surface area (Å²) in [5, 5.41) is 9.88. The van der Waals surface area contributed by atoms with Crippen molar-refractivity contribution in [3.05, 3.63) is 0 Å². The van der Waals surface area contributed by atoms with Crippen LogP contribution in [0.15, 0.2) is 0 Å². The largest absolute Gasteiger partial charge is 0.397 e. The summed E-state index contributed by atoms with van der Waals surface area (Å²) in [4.78, 5) is 0. The van der Waals surface area contributed by atoms with E-state index in [-0.39, 0.29) is 12.7 Å². The fourth-order valence-electron chi connectivity index (χ4n) is 2.83. The van der Waals surface area contributed by atoms with Gasteiger partial charge in [-0.3, -0.25) is 4.55 Å². The van der Waals surface area contributed by atoms with Gasteiger partial charge in [-0.25, -0.2) is 4.18 Å². The van der Waals surface area contributed by atoms with Crippen molar-refractivity contribution in [3.8, 4) is 0 Å². The molecule has 2 N–H and O–H groups in total. The summed E-state index contributed by atoms with van der Waals surface area (Å²) < 4.78 is 33.3. The number of hydrogen-bond donors (Lipinski definition) is 2. The maximum Gasteiger partial charge on any atom is 0.397 e. The van der Waals surface area contributed by atoms with Crippen molar-refractivity contribution in [2.75, 3.05) is 6.61 Å². The second kappa shape index (κ2) is 16.3. The zero-order valence-corrected chi connectivity index (χ0v) is 16.2. The maximum atomic E-state index is 10.3. The average Bonchev–Trinajstić information content (AvgIpc) is 2.51. The van der Waals surface area contributed by atoms with Crippen molar-refractivity contribution in [1.29, 1.82) is 0 Å². The van der Waals surface area contributed by atoms with Crippen molar-refractivity contribution < 1.29 is 22.3 Å². The first-order valence-electron chi connectivity index (χ1n) is 9.75. The Kier molecular flexibility index (Phi) is 16.2. The van der Waals surface area contributed by atoms with Crippen LogP contribution in [0.1, 0.15) is 103 Å². The van der Waals surface area contributed by atoms with Gasteiger partial charge in [0.15, 0.2) is 0 Å². The van der Waals surface area contributed by atoms with Gasteiger partial charge in [0.2, 0.25) is 0 Å². The lowest BCUT2D eigenvalue weighted by molar-refractivity contribution is 0.147. The third-order valence-corrected chi connectivity index (χ3v) is 4.77. The van der Waals surface area contributed by atoms with Gasteiger partial charge < -0.3 is 5.11 Å². The lowest BCUT2D eigenvalue weighted by Crippen LogP contribution is -2.05. The van der Waals surface area contributed by atoms with Crippen LogP contribution >= 0.6 is 0 Å². The predicted octanol–water partition coefficient (Wildman–Crippen LogP) is 5.04. The molecule has 0 saturated heterocycles. The summed E-state index contributed by atoms with van der Waals surface area (Å²) in [5.41, 5.74) is 0. The Bertz CT molecular complexity index is 356. The van der Waals surface area contributed by atoms with Gasteiger partial charge in [0, 0.05) is 0 Å². The van der Waals surface area contributed by atoms with Gasteiger partial charge in [0.25, 0.3) is 0 Å². The molecule has 24 heavy (non-hydrogen) atoms. The smallest absolute Gasteiger partial charge is 0.393 e. The van der Waals surface area contributed by atoms with Gasteiger partial charge in [-0.05, 0) is 19.3 Å². The van der Waals surface area contributed by atoms with Gasteiger partial charge >= 0.3 is 10.4 Å². The first-order valence-corrected chi connectivity index (χ1v) is 11.1. The first kappa shape index (κ1) is 23.8. The Morgan fingerprint density at radius 1 is 0.750 bits per heavy atom. The van der Waals surface area contributed by atoms with Gasteiger partial charge in [-0.2, -0.15) is 8.42 Å².